The molecule has 1 aromatic carbocycles. The minimum absolute atomic E-state index is 0.127. The zero-order valence-electron chi connectivity index (χ0n) is 15.3. The van der Waals surface area contributed by atoms with Crippen LogP contribution in [-0.2, 0) is 0 Å². The predicted octanol–water partition coefficient (Wildman–Crippen LogP) is 3.82. The Bertz CT molecular complexity index is 946. The second kappa shape index (κ2) is 6.78. The highest BCUT2D eigenvalue weighted by molar-refractivity contribution is 5.93. The predicted molar refractivity (Wildman–Crippen MR) is 103 cm³/mol. The van der Waals surface area contributed by atoms with Crippen molar-refractivity contribution in [2.75, 3.05) is 18.0 Å². The van der Waals surface area contributed by atoms with Gasteiger partial charge in [-0.05, 0) is 38.0 Å². The summed E-state index contributed by atoms with van der Waals surface area (Å²) in [5.41, 5.74) is 2.59. The fraction of sp³-hybridized carbons (Fsp3) is 0.350. The molecule has 1 N–H and O–H groups in total. The Morgan fingerprint density at radius 2 is 2.12 bits per heavy atom. The smallest absolute Gasteiger partial charge is 0.132 e. The molecule has 1 aliphatic heterocycles. The summed E-state index contributed by atoms with van der Waals surface area (Å²) < 4.78 is 5.82. The second-order valence-corrected chi connectivity index (χ2v) is 7.02. The minimum Gasteiger partial charge on any atom is -0.491 e. The number of benzene rings is 1. The van der Waals surface area contributed by atoms with Crippen LogP contribution in [0.3, 0.4) is 0 Å². The highest BCUT2D eigenvalue weighted by atomic mass is 16.5. The largest absolute Gasteiger partial charge is 0.491 e. The standard InChI is InChI=1S/C20H23N5O/c1-13(2)26-15-6-7-17-16(9-15)20(24-23-17)18-10-19(22-12-21-18)25-8-4-5-14(3)11-25/h4-7,9-10,12-14H,8,11H2,1-3H3,(H,23,24). The van der Waals surface area contributed by atoms with E-state index in [1.807, 2.05) is 38.1 Å². The Balaban J connectivity index is 1.71. The molecule has 26 heavy (non-hydrogen) atoms. The van der Waals surface area contributed by atoms with E-state index in [-0.39, 0.29) is 6.10 Å². The summed E-state index contributed by atoms with van der Waals surface area (Å²) in [6, 6.07) is 7.97. The molecule has 0 aliphatic carbocycles. The van der Waals surface area contributed by atoms with Crippen molar-refractivity contribution in [3.63, 3.8) is 0 Å². The molecular formula is C20H23N5O. The zero-order valence-corrected chi connectivity index (χ0v) is 15.3. The molecule has 3 heterocycles. The van der Waals surface area contributed by atoms with E-state index in [0.717, 1.165) is 46.9 Å². The maximum absolute atomic E-state index is 5.82. The highest BCUT2D eigenvalue weighted by Gasteiger charge is 2.17. The van der Waals surface area contributed by atoms with Gasteiger partial charge in [0.05, 0.1) is 17.3 Å². The summed E-state index contributed by atoms with van der Waals surface area (Å²) >= 11 is 0. The second-order valence-electron chi connectivity index (χ2n) is 7.02. The van der Waals surface area contributed by atoms with E-state index in [0.29, 0.717) is 5.92 Å². The lowest BCUT2D eigenvalue weighted by atomic mass is 10.1. The van der Waals surface area contributed by atoms with Gasteiger partial charge in [0.25, 0.3) is 0 Å². The summed E-state index contributed by atoms with van der Waals surface area (Å²) in [6.07, 6.45) is 6.18. The average Bonchev–Trinajstić information content (AvgIpc) is 3.04. The van der Waals surface area contributed by atoms with Crippen LogP contribution < -0.4 is 9.64 Å². The number of aromatic nitrogens is 4. The van der Waals surface area contributed by atoms with Crippen molar-refractivity contribution in [1.29, 1.82) is 0 Å². The molecule has 1 atom stereocenters. The third-order valence-corrected chi connectivity index (χ3v) is 4.42. The maximum Gasteiger partial charge on any atom is 0.132 e. The Morgan fingerprint density at radius 3 is 2.92 bits per heavy atom. The molecule has 3 aromatic rings. The van der Waals surface area contributed by atoms with E-state index in [2.05, 4.69) is 44.1 Å². The van der Waals surface area contributed by atoms with Crippen LogP contribution >= 0.6 is 0 Å². The van der Waals surface area contributed by atoms with Crippen LogP contribution in [0.4, 0.5) is 5.82 Å². The van der Waals surface area contributed by atoms with E-state index in [1.165, 1.54) is 0 Å². The summed E-state index contributed by atoms with van der Waals surface area (Å²) in [5, 5.41) is 8.57. The average molecular weight is 349 g/mol. The number of nitrogens with one attached hydrogen (secondary N) is 1. The van der Waals surface area contributed by atoms with Crippen molar-refractivity contribution in [3.05, 3.63) is 42.7 Å². The number of hydrogen-bond donors (Lipinski definition) is 1. The molecule has 4 rings (SSSR count). The van der Waals surface area contributed by atoms with Gasteiger partial charge in [0.15, 0.2) is 0 Å². The number of aromatic amines is 1. The number of fused-ring (bicyclic) bond motifs is 1. The molecule has 0 spiro atoms. The van der Waals surface area contributed by atoms with Gasteiger partial charge in [-0.25, -0.2) is 9.97 Å². The van der Waals surface area contributed by atoms with Crippen molar-refractivity contribution in [1.82, 2.24) is 20.2 Å². The van der Waals surface area contributed by atoms with Gasteiger partial charge in [0, 0.05) is 24.5 Å². The molecule has 134 valence electrons. The van der Waals surface area contributed by atoms with Crippen LogP contribution in [0.2, 0.25) is 0 Å². The van der Waals surface area contributed by atoms with Crippen LogP contribution in [0, 0.1) is 5.92 Å². The lowest BCUT2D eigenvalue weighted by Crippen LogP contribution is -2.31. The molecule has 6 nitrogen and oxygen atoms in total. The van der Waals surface area contributed by atoms with E-state index < -0.39 is 0 Å². The molecule has 0 saturated carbocycles. The van der Waals surface area contributed by atoms with E-state index in [9.17, 15) is 0 Å². The third kappa shape index (κ3) is 3.27. The molecule has 1 unspecified atom stereocenters. The number of anilines is 1. The zero-order chi connectivity index (χ0) is 18.1. The molecular weight excluding hydrogens is 326 g/mol. The molecule has 0 bridgehead atoms. The van der Waals surface area contributed by atoms with Crippen LogP contribution in [0.5, 0.6) is 5.75 Å². The quantitative estimate of drug-likeness (QED) is 0.725. The lowest BCUT2D eigenvalue weighted by Gasteiger charge is -2.28. The fourth-order valence-corrected chi connectivity index (χ4v) is 3.27. The molecule has 6 heteroatoms. The highest BCUT2D eigenvalue weighted by Crippen LogP contribution is 2.30. The van der Waals surface area contributed by atoms with Crippen LogP contribution in [0.25, 0.3) is 22.3 Å². The van der Waals surface area contributed by atoms with Gasteiger partial charge in [-0.15, -0.1) is 0 Å². The van der Waals surface area contributed by atoms with Crippen molar-refractivity contribution in [2.45, 2.75) is 26.9 Å². The summed E-state index contributed by atoms with van der Waals surface area (Å²) in [4.78, 5) is 11.2. The lowest BCUT2D eigenvalue weighted by molar-refractivity contribution is 0.243. The number of rotatable bonds is 4. The van der Waals surface area contributed by atoms with E-state index in [1.54, 1.807) is 6.33 Å². The number of hydrogen-bond acceptors (Lipinski definition) is 5. The maximum atomic E-state index is 5.82. The Hall–Kier alpha value is -2.89. The first-order valence-electron chi connectivity index (χ1n) is 8.99. The van der Waals surface area contributed by atoms with Gasteiger partial charge < -0.3 is 9.64 Å². The van der Waals surface area contributed by atoms with Gasteiger partial charge in [-0.1, -0.05) is 19.1 Å². The summed E-state index contributed by atoms with van der Waals surface area (Å²) in [7, 11) is 0. The van der Waals surface area contributed by atoms with Crippen molar-refractivity contribution < 1.29 is 4.74 Å². The van der Waals surface area contributed by atoms with Crippen LogP contribution in [0.1, 0.15) is 20.8 Å². The SMILES string of the molecule is CC1C=CCN(c2cc(-c3n[nH]c4ccc(OC(C)C)cc34)ncn2)C1. The van der Waals surface area contributed by atoms with Crippen molar-refractivity contribution in [2.24, 2.45) is 5.92 Å². The number of ether oxygens (including phenoxy) is 1. The topological polar surface area (TPSA) is 66.9 Å². The Labute approximate surface area is 152 Å². The first kappa shape index (κ1) is 16.6. The molecule has 1 aliphatic rings. The molecule has 0 radical (unpaired) electrons. The molecule has 0 fully saturated rings. The Morgan fingerprint density at radius 1 is 1.23 bits per heavy atom. The van der Waals surface area contributed by atoms with Crippen LogP contribution in [-0.4, -0.2) is 39.4 Å². The van der Waals surface area contributed by atoms with Gasteiger partial charge in [-0.2, -0.15) is 5.10 Å². The monoisotopic (exact) mass is 349 g/mol. The van der Waals surface area contributed by atoms with Gasteiger partial charge in [0.2, 0.25) is 0 Å². The molecule has 0 saturated heterocycles. The number of H-pyrrole nitrogens is 1. The van der Waals surface area contributed by atoms with Crippen molar-refractivity contribution in [3.8, 4) is 17.1 Å². The first-order chi connectivity index (χ1) is 12.6. The normalized spacial score (nSPS) is 17.2. The summed E-state index contributed by atoms with van der Waals surface area (Å²) in [5.74, 6) is 2.28. The first-order valence-corrected chi connectivity index (χ1v) is 8.99. The third-order valence-electron chi connectivity index (χ3n) is 4.42. The molecule has 0 amide bonds. The Kier molecular flexibility index (Phi) is 4.32. The summed E-state index contributed by atoms with van der Waals surface area (Å²) in [6.45, 7) is 8.08. The van der Waals surface area contributed by atoms with Crippen LogP contribution in [0.15, 0.2) is 42.7 Å². The van der Waals surface area contributed by atoms with Crippen molar-refractivity contribution >= 4 is 16.7 Å². The fourth-order valence-electron chi connectivity index (χ4n) is 3.27. The molecule has 2 aromatic heterocycles. The van der Waals surface area contributed by atoms with E-state index >= 15 is 0 Å². The van der Waals surface area contributed by atoms with Gasteiger partial charge >= 0.3 is 0 Å². The van der Waals surface area contributed by atoms with E-state index in [4.69, 9.17) is 4.74 Å². The van der Waals surface area contributed by atoms with Gasteiger partial charge in [-0.3, -0.25) is 5.10 Å². The van der Waals surface area contributed by atoms with Gasteiger partial charge in [0.1, 0.15) is 23.6 Å². The minimum atomic E-state index is 0.127. The number of nitrogens with zero attached hydrogens (tertiary/aromatic N) is 4.